The lowest BCUT2D eigenvalue weighted by Crippen LogP contribution is -2.19. The van der Waals surface area contributed by atoms with Crippen molar-refractivity contribution in [2.75, 3.05) is 50.8 Å². The maximum atomic E-state index is 4.33. The Balaban J connectivity index is 1.18. The molecular weight excluding hydrogens is 484 g/mol. The normalized spacial score (nSPS) is 11.2. The molecule has 8 heteroatoms. The minimum Gasteiger partial charge on any atom is -0.316 e. The molecule has 6 nitrogen and oxygen atoms in total. The van der Waals surface area contributed by atoms with Crippen LogP contribution in [0.3, 0.4) is 0 Å². The highest BCUT2D eigenvalue weighted by atomic mass is 33.1. The number of nitrogens with one attached hydrogen (secondary N) is 4. The Kier molecular flexibility index (Phi) is 20.9. The van der Waals surface area contributed by atoms with Gasteiger partial charge in [-0.25, -0.2) is 0 Å². The second-order valence-electron chi connectivity index (χ2n) is 8.97. The van der Waals surface area contributed by atoms with Gasteiger partial charge in [0.2, 0.25) is 0 Å². The fraction of sp³-hybridized carbons (Fsp3) is 0.643. The van der Waals surface area contributed by atoms with E-state index in [0.29, 0.717) is 0 Å². The molecule has 0 aromatic carbocycles. The van der Waals surface area contributed by atoms with E-state index in [2.05, 4.69) is 43.4 Å². The van der Waals surface area contributed by atoms with Crippen LogP contribution in [0.2, 0.25) is 0 Å². The van der Waals surface area contributed by atoms with E-state index >= 15 is 0 Å². The van der Waals surface area contributed by atoms with E-state index in [0.717, 1.165) is 63.7 Å². The third kappa shape index (κ3) is 19.0. The van der Waals surface area contributed by atoms with E-state index in [9.17, 15) is 0 Å². The highest BCUT2D eigenvalue weighted by Crippen LogP contribution is 2.19. The van der Waals surface area contributed by atoms with Crippen LogP contribution < -0.4 is 21.3 Å². The highest BCUT2D eigenvalue weighted by molar-refractivity contribution is 8.76. The zero-order valence-corrected chi connectivity index (χ0v) is 23.7. The summed E-state index contributed by atoms with van der Waals surface area (Å²) in [5.41, 5.74) is 2.25. The van der Waals surface area contributed by atoms with Crippen LogP contribution in [0.25, 0.3) is 0 Å². The number of pyridine rings is 2. The number of hydrogen-bond donors (Lipinski definition) is 4. The Bertz CT molecular complexity index is 646. The largest absolute Gasteiger partial charge is 0.316 e. The molecule has 0 spiro atoms. The lowest BCUT2D eigenvalue weighted by atomic mass is 10.2. The van der Waals surface area contributed by atoms with Crippen molar-refractivity contribution in [3.05, 3.63) is 60.2 Å². The summed E-state index contributed by atoms with van der Waals surface area (Å²) in [5.74, 6) is 2.38. The highest BCUT2D eigenvalue weighted by Gasteiger charge is 1.96. The van der Waals surface area contributed by atoms with E-state index in [1.54, 1.807) is 0 Å². The standard InChI is InChI=1S/C28H48N6S2/c1(3-9-17-31-25-27-13-5-11-19-33-27)7-15-29-21-23-35-36-24-22-30-16-8-2-4-10-18-32-26-28-14-6-12-20-34-28/h5-6,11-14,19-20,29-32H,1-4,7-10,15-18,21-26H2. The second-order valence-corrected chi connectivity index (χ2v) is 11.7. The summed E-state index contributed by atoms with van der Waals surface area (Å²) in [7, 11) is 3.99. The Morgan fingerprint density at radius 3 is 1.28 bits per heavy atom. The molecule has 0 fully saturated rings. The summed E-state index contributed by atoms with van der Waals surface area (Å²) >= 11 is 0. The molecule has 2 heterocycles. The monoisotopic (exact) mass is 532 g/mol. The van der Waals surface area contributed by atoms with Crippen molar-refractivity contribution in [3.8, 4) is 0 Å². The summed E-state index contributed by atoms with van der Waals surface area (Å²) in [6.07, 6.45) is 14.0. The van der Waals surface area contributed by atoms with Crippen LogP contribution in [0.4, 0.5) is 0 Å². The predicted octanol–water partition coefficient (Wildman–Crippen LogP) is 5.04. The van der Waals surface area contributed by atoms with Gasteiger partial charge in [0.05, 0.1) is 11.4 Å². The van der Waals surface area contributed by atoms with Gasteiger partial charge in [0.1, 0.15) is 0 Å². The maximum absolute atomic E-state index is 4.33. The quantitative estimate of drug-likeness (QED) is 0.105. The van der Waals surface area contributed by atoms with Gasteiger partial charge in [-0.15, -0.1) is 0 Å². The molecule has 0 atom stereocenters. The molecule has 2 aromatic rings. The molecule has 0 saturated carbocycles. The maximum Gasteiger partial charge on any atom is 0.0541 e. The average molecular weight is 533 g/mol. The van der Waals surface area contributed by atoms with Crippen LogP contribution >= 0.6 is 21.6 Å². The minimum absolute atomic E-state index is 0.876. The van der Waals surface area contributed by atoms with Crippen LogP contribution in [0.5, 0.6) is 0 Å². The van der Waals surface area contributed by atoms with Crippen molar-refractivity contribution in [1.29, 1.82) is 0 Å². The first-order valence-electron chi connectivity index (χ1n) is 13.8. The van der Waals surface area contributed by atoms with Gasteiger partial charge in [-0.1, -0.05) is 59.4 Å². The van der Waals surface area contributed by atoms with E-state index < -0.39 is 0 Å². The predicted molar refractivity (Wildman–Crippen MR) is 159 cm³/mol. The van der Waals surface area contributed by atoms with Gasteiger partial charge in [-0.2, -0.15) is 0 Å². The topological polar surface area (TPSA) is 73.9 Å². The zero-order valence-electron chi connectivity index (χ0n) is 22.1. The molecule has 0 bridgehead atoms. The van der Waals surface area contributed by atoms with Crippen LogP contribution in [0.15, 0.2) is 48.8 Å². The Labute approximate surface area is 227 Å². The van der Waals surface area contributed by atoms with Crippen LogP contribution in [0, 0.1) is 0 Å². The molecular formula is C28H48N6S2. The zero-order chi connectivity index (χ0) is 25.2. The van der Waals surface area contributed by atoms with Crippen LogP contribution in [0.1, 0.15) is 62.8 Å². The van der Waals surface area contributed by atoms with Gasteiger partial charge < -0.3 is 21.3 Å². The fourth-order valence-corrected chi connectivity index (χ4v) is 5.64. The number of rotatable bonds is 25. The third-order valence-corrected chi connectivity index (χ3v) is 8.19. The van der Waals surface area contributed by atoms with Crippen LogP contribution in [-0.2, 0) is 13.1 Å². The minimum atomic E-state index is 0.876. The van der Waals surface area contributed by atoms with Gasteiger partial charge >= 0.3 is 0 Å². The molecule has 2 aromatic heterocycles. The van der Waals surface area contributed by atoms with E-state index in [4.69, 9.17) is 0 Å². The molecule has 202 valence electrons. The summed E-state index contributed by atoms with van der Waals surface area (Å²) in [6.45, 7) is 8.45. The first-order chi connectivity index (χ1) is 17.9. The lowest BCUT2D eigenvalue weighted by Gasteiger charge is -2.07. The Morgan fingerprint density at radius 1 is 0.472 bits per heavy atom. The summed E-state index contributed by atoms with van der Waals surface area (Å²) in [6, 6.07) is 12.2. The number of unbranched alkanes of at least 4 members (excludes halogenated alkanes) is 6. The molecule has 0 amide bonds. The summed E-state index contributed by atoms with van der Waals surface area (Å²) in [5, 5.41) is 14.1. The Hall–Kier alpha value is -1.16. The molecule has 0 saturated heterocycles. The molecule has 2 rings (SSSR count). The fourth-order valence-electron chi connectivity index (χ4n) is 3.74. The first-order valence-corrected chi connectivity index (χ1v) is 16.3. The summed E-state index contributed by atoms with van der Waals surface area (Å²) < 4.78 is 0. The number of nitrogens with zero attached hydrogens (tertiary/aromatic N) is 2. The van der Waals surface area contributed by atoms with Crippen molar-refractivity contribution in [2.45, 2.75) is 64.5 Å². The lowest BCUT2D eigenvalue weighted by molar-refractivity contribution is 0.567. The van der Waals surface area contributed by atoms with E-state index in [1.807, 2.05) is 58.2 Å². The average Bonchev–Trinajstić information content (AvgIpc) is 2.92. The van der Waals surface area contributed by atoms with Crippen molar-refractivity contribution < 1.29 is 0 Å². The van der Waals surface area contributed by atoms with Crippen molar-refractivity contribution in [3.63, 3.8) is 0 Å². The van der Waals surface area contributed by atoms with Gasteiger partial charge in [0, 0.05) is 50.1 Å². The smallest absolute Gasteiger partial charge is 0.0541 e. The number of hydrogen-bond acceptors (Lipinski definition) is 8. The van der Waals surface area contributed by atoms with Crippen molar-refractivity contribution >= 4 is 21.6 Å². The third-order valence-electron chi connectivity index (χ3n) is 5.79. The summed E-state index contributed by atoms with van der Waals surface area (Å²) in [4.78, 5) is 8.66. The molecule has 0 unspecified atom stereocenters. The number of aromatic nitrogens is 2. The second kappa shape index (κ2) is 24.2. The molecule has 0 aliphatic carbocycles. The van der Waals surface area contributed by atoms with Crippen molar-refractivity contribution in [1.82, 2.24) is 31.2 Å². The van der Waals surface area contributed by atoms with E-state index in [1.165, 1.54) is 62.9 Å². The molecule has 0 radical (unpaired) electrons. The molecule has 4 N–H and O–H groups in total. The van der Waals surface area contributed by atoms with Gasteiger partial charge in [-0.3, -0.25) is 9.97 Å². The SMILES string of the molecule is c1ccc(CNCCCCCCNCCSSCCNCCCCCCNCc2ccccn2)nc1. The molecule has 0 aliphatic heterocycles. The Morgan fingerprint density at radius 2 is 0.889 bits per heavy atom. The van der Waals surface area contributed by atoms with Gasteiger partial charge in [0.15, 0.2) is 0 Å². The first kappa shape index (κ1) is 31.1. The van der Waals surface area contributed by atoms with Gasteiger partial charge in [-0.05, 0) is 76.1 Å². The molecule has 36 heavy (non-hydrogen) atoms. The molecule has 0 aliphatic rings. The van der Waals surface area contributed by atoms with Gasteiger partial charge in [0.25, 0.3) is 0 Å². The van der Waals surface area contributed by atoms with Crippen LogP contribution in [-0.4, -0.2) is 60.7 Å². The van der Waals surface area contributed by atoms with Crippen molar-refractivity contribution in [2.24, 2.45) is 0 Å². The van der Waals surface area contributed by atoms with E-state index in [-0.39, 0.29) is 0 Å².